The molecule has 3 aromatic rings. The van der Waals surface area contributed by atoms with Crippen LogP contribution in [0.3, 0.4) is 0 Å². The first kappa shape index (κ1) is 17.3. The van der Waals surface area contributed by atoms with Gasteiger partial charge in [-0.05, 0) is 12.1 Å². The van der Waals surface area contributed by atoms with Crippen molar-refractivity contribution in [1.29, 1.82) is 0 Å². The number of benzene rings is 1. The van der Waals surface area contributed by atoms with E-state index in [4.69, 9.17) is 10.8 Å². The first-order chi connectivity index (χ1) is 12.5. The Morgan fingerprint density at radius 1 is 1.08 bits per heavy atom. The molecule has 0 spiro atoms. The number of alkyl halides is 2. The van der Waals surface area contributed by atoms with Crippen molar-refractivity contribution in [3.8, 4) is 23.8 Å². The lowest BCUT2D eigenvalue weighted by Gasteiger charge is -2.14. The molecule has 1 aromatic carbocycles. The van der Waals surface area contributed by atoms with Crippen LogP contribution in [-0.2, 0) is 0 Å². The van der Waals surface area contributed by atoms with E-state index in [1.807, 2.05) is 0 Å². The van der Waals surface area contributed by atoms with Gasteiger partial charge in [-0.25, -0.2) is 18.7 Å². The number of halogens is 4. The fraction of sp³-hybridized carbons (Fsp3) is 0.125. The van der Waals surface area contributed by atoms with E-state index >= 15 is 0 Å². The Hall–Kier alpha value is -3.48. The lowest BCUT2D eigenvalue weighted by molar-refractivity contribution is 0.116. The monoisotopic (exact) mass is 363 g/mol. The molecule has 2 heterocycles. The summed E-state index contributed by atoms with van der Waals surface area (Å²) in [7, 11) is 0. The summed E-state index contributed by atoms with van der Waals surface area (Å²) in [4.78, 5) is 7.81. The molecule has 0 saturated carbocycles. The van der Waals surface area contributed by atoms with Crippen LogP contribution in [0.15, 0.2) is 35.0 Å². The highest BCUT2D eigenvalue weighted by Gasteiger charge is 2.20. The zero-order valence-electron chi connectivity index (χ0n) is 12.8. The van der Waals surface area contributed by atoms with Gasteiger partial charge in [0.25, 0.3) is 11.8 Å². The van der Waals surface area contributed by atoms with E-state index in [1.54, 1.807) is 0 Å². The third-order valence-electron chi connectivity index (χ3n) is 3.25. The van der Waals surface area contributed by atoms with E-state index < -0.39 is 30.0 Å². The van der Waals surface area contributed by atoms with Gasteiger partial charge in [-0.15, -0.1) is 16.6 Å². The molecule has 6 nitrogen and oxygen atoms in total. The largest absolute Gasteiger partial charge is 0.415 e. The van der Waals surface area contributed by atoms with Crippen molar-refractivity contribution in [2.45, 2.75) is 12.5 Å². The second-order valence-electron chi connectivity index (χ2n) is 4.92. The topological polar surface area (TPSA) is 76.7 Å². The van der Waals surface area contributed by atoms with Crippen LogP contribution < -0.4 is 5.32 Å². The van der Waals surface area contributed by atoms with Crippen LogP contribution in [0.1, 0.15) is 23.9 Å². The standard InChI is InChI=1S/C16H9F4N5O/c1-2-11(12-9(17)4-3-5-10(12)18)23-16-21-6-8(7-22-16)14-24-25-15(26-14)13(19)20/h1,3-7,11,13H,(H,21,22,23). The molecule has 0 radical (unpaired) electrons. The molecule has 0 saturated heterocycles. The summed E-state index contributed by atoms with van der Waals surface area (Å²) in [6.07, 6.45) is 4.86. The van der Waals surface area contributed by atoms with Gasteiger partial charge >= 0.3 is 6.43 Å². The predicted molar refractivity (Wildman–Crippen MR) is 81.8 cm³/mol. The van der Waals surface area contributed by atoms with Gasteiger partial charge in [-0.3, -0.25) is 0 Å². The molecule has 0 amide bonds. The minimum atomic E-state index is -2.90. The van der Waals surface area contributed by atoms with Crippen molar-refractivity contribution in [1.82, 2.24) is 20.2 Å². The van der Waals surface area contributed by atoms with E-state index in [9.17, 15) is 17.6 Å². The van der Waals surface area contributed by atoms with E-state index in [0.29, 0.717) is 0 Å². The average molecular weight is 363 g/mol. The van der Waals surface area contributed by atoms with Crippen LogP contribution in [0.4, 0.5) is 23.5 Å². The third kappa shape index (κ3) is 3.46. The van der Waals surface area contributed by atoms with Crippen LogP contribution in [0, 0.1) is 24.0 Å². The zero-order chi connectivity index (χ0) is 18.7. The van der Waals surface area contributed by atoms with Gasteiger partial charge in [0.1, 0.15) is 17.7 Å². The molecule has 0 aliphatic carbocycles. The lowest BCUT2D eigenvalue weighted by atomic mass is 10.1. The molecule has 1 atom stereocenters. The Balaban J connectivity index is 1.81. The summed E-state index contributed by atoms with van der Waals surface area (Å²) in [5.41, 5.74) is -0.162. The van der Waals surface area contributed by atoms with E-state index in [0.717, 1.165) is 12.1 Å². The normalized spacial score (nSPS) is 12.0. The minimum Gasteiger partial charge on any atom is -0.415 e. The molecular weight excluding hydrogens is 354 g/mol. The van der Waals surface area contributed by atoms with Crippen molar-refractivity contribution >= 4 is 5.95 Å². The molecule has 3 rings (SSSR count). The maximum absolute atomic E-state index is 13.8. The molecule has 1 N–H and O–H groups in total. The Morgan fingerprint density at radius 2 is 1.73 bits per heavy atom. The molecule has 0 fully saturated rings. The van der Waals surface area contributed by atoms with Crippen molar-refractivity contribution in [2.75, 3.05) is 5.32 Å². The number of anilines is 1. The van der Waals surface area contributed by atoms with Gasteiger partial charge in [0, 0.05) is 12.4 Å². The smallest absolute Gasteiger partial charge is 0.314 e. The fourth-order valence-corrected chi connectivity index (χ4v) is 2.07. The number of hydrogen-bond acceptors (Lipinski definition) is 6. The maximum atomic E-state index is 13.8. The number of hydrogen-bond donors (Lipinski definition) is 1. The maximum Gasteiger partial charge on any atom is 0.314 e. The highest BCUT2D eigenvalue weighted by atomic mass is 19.3. The van der Waals surface area contributed by atoms with Crippen LogP contribution in [0.2, 0.25) is 0 Å². The van der Waals surface area contributed by atoms with E-state index in [2.05, 4.69) is 31.4 Å². The second kappa shape index (κ2) is 7.18. The summed E-state index contributed by atoms with van der Waals surface area (Å²) in [6, 6.07) is 2.20. The number of rotatable bonds is 5. The van der Waals surface area contributed by atoms with Crippen LogP contribution in [-0.4, -0.2) is 20.2 Å². The molecule has 132 valence electrons. The molecule has 0 bridgehead atoms. The minimum absolute atomic E-state index is 0.0343. The molecule has 0 aliphatic heterocycles. The number of nitrogens with zero attached hydrogens (tertiary/aromatic N) is 4. The quantitative estimate of drug-likeness (QED) is 0.552. The molecule has 26 heavy (non-hydrogen) atoms. The molecular formula is C16H9F4N5O. The summed E-state index contributed by atoms with van der Waals surface area (Å²) < 4.78 is 57.3. The van der Waals surface area contributed by atoms with Crippen molar-refractivity contribution < 1.29 is 22.0 Å². The average Bonchev–Trinajstić information content (AvgIpc) is 3.11. The van der Waals surface area contributed by atoms with Gasteiger partial charge < -0.3 is 9.73 Å². The number of aromatic nitrogens is 4. The van der Waals surface area contributed by atoms with Crippen molar-refractivity contribution in [2.24, 2.45) is 0 Å². The first-order valence-electron chi connectivity index (χ1n) is 7.10. The number of nitrogens with one attached hydrogen (secondary N) is 1. The Kier molecular flexibility index (Phi) is 4.79. The molecule has 1 unspecified atom stereocenters. The lowest BCUT2D eigenvalue weighted by Crippen LogP contribution is -2.14. The summed E-state index contributed by atoms with van der Waals surface area (Å²) in [6.45, 7) is 0. The summed E-state index contributed by atoms with van der Waals surface area (Å²) in [5, 5.41) is 9.25. The van der Waals surface area contributed by atoms with Gasteiger partial charge in [-0.1, -0.05) is 12.0 Å². The van der Waals surface area contributed by atoms with Crippen molar-refractivity contribution in [3.05, 3.63) is 53.7 Å². The Morgan fingerprint density at radius 3 is 2.27 bits per heavy atom. The van der Waals surface area contributed by atoms with Crippen LogP contribution >= 0.6 is 0 Å². The zero-order valence-corrected chi connectivity index (χ0v) is 12.8. The van der Waals surface area contributed by atoms with Gasteiger partial charge in [-0.2, -0.15) is 8.78 Å². The van der Waals surface area contributed by atoms with E-state index in [1.165, 1.54) is 18.5 Å². The molecule has 10 heteroatoms. The van der Waals surface area contributed by atoms with E-state index in [-0.39, 0.29) is 23.0 Å². The summed E-state index contributed by atoms with van der Waals surface area (Å²) in [5.74, 6) is -0.476. The van der Waals surface area contributed by atoms with Crippen LogP contribution in [0.5, 0.6) is 0 Å². The Labute approximate surface area is 144 Å². The van der Waals surface area contributed by atoms with Gasteiger partial charge in [0.05, 0.1) is 11.1 Å². The van der Waals surface area contributed by atoms with Crippen LogP contribution in [0.25, 0.3) is 11.5 Å². The molecule has 2 aromatic heterocycles. The van der Waals surface area contributed by atoms with Gasteiger partial charge in [0.2, 0.25) is 5.95 Å². The highest BCUT2D eigenvalue weighted by molar-refractivity contribution is 5.51. The van der Waals surface area contributed by atoms with Gasteiger partial charge in [0.15, 0.2) is 0 Å². The van der Waals surface area contributed by atoms with Crippen molar-refractivity contribution in [3.63, 3.8) is 0 Å². The summed E-state index contributed by atoms with van der Waals surface area (Å²) >= 11 is 0. The second-order valence-corrected chi connectivity index (χ2v) is 4.92. The Bertz CT molecular complexity index is 932. The number of terminal acetylenes is 1. The SMILES string of the molecule is C#CC(Nc1ncc(-c2nnc(C(F)F)o2)cn1)c1c(F)cccc1F. The molecule has 0 aliphatic rings. The third-order valence-corrected chi connectivity index (χ3v) is 3.25. The predicted octanol–water partition coefficient (Wildman–Crippen LogP) is 3.53. The fourth-order valence-electron chi connectivity index (χ4n) is 2.07. The highest BCUT2D eigenvalue weighted by Crippen LogP contribution is 2.25. The first-order valence-corrected chi connectivity index (χ1v) is 7.10.